The van der Waals surface area contributed by atoms with Gasteiger partial charge in [0, 0.05) is 25.3 Å². The van der Waals surface area contributed by atoms with Gasteiger partial charge in [0.25, 0.3) is 10.0 Å². The van der Waals surface area contributed by atoms with Crippen molar-refractivity contribution >= 4 is 10.0 Å². The third-order valence-electron chi connectivity index (χ3n) is 2.87. The van der Waals surface area contributed by atoms with E-state index in [1.165, 1.54) is 6.33 Å². The number of sulfonamides is 1. The van der Waals surface area contributed by atoms with E-state index in [2.05, 4.69) is 15.0 Å². The summed E-state index contributed by atoms with van der Waals surface area (Å²) in [4.78, 5) is 3.92. The highest BCUT2D eigenvalue weighted by molar-refractivity contribution is 7.89. The first-order chi connectivity index (χ1) is 8.12. The van der Waals surface area contributed by atoms with E-state index in [0.29, 0.717) is 13.1 Å². The lowest BCUT2D eigenvalue weighted by Gasteiger charge is -2.23. The van der Waals surface area contributed by atoms with Crippen molar-refractivity contribution in [1.29, 1.82) is 0 Å². The third kappa shape index (κ3) is 3.05. The molecule has 2 rings (SSSR count). The molecular formula is C10H18N4O2S. The molecule has 1 aliphatic rings. The van der Waals surface area contributed by atoms with Crippen molar-refractivity contribution in [2.75, 3.05) is 13.1 Å². The van der Waals surface area contributed by atoms with Crippen LogP contribution in [0.3, 0.4) is 0 Å². The first-order valence-corrected chi connectivity index (χ1v) is 7.35. The molecule has 0 saturated carbocycles. The number of nitrogens with zero attached hydrogens (tertiary/aromatic N) is 2. The normalized spacial score (nSPS) is 21.6. The Labute approximate surface area is 101 Å². The quantitative estimate of drug-likeness (QED) is 0.793. The highest BCUT2D eigenvalue weighted by Gasteiger charge is 2.23. The number of aryl methyl sites for hydroxylation is 1. The Morgan fingerprint density at radius 3 is 3.06 bits per heavy atom. The van der Waals surface area contributed by atoms with Gasteiger partial charge in [-0.15, -0.1) is 0 Å². The second-order valence-electron chi connectivity index (χ2n) is 4.21. The smallest absolute Gasteiger partial charge is 0.259 e. The van der Waals surface area contributed by atoms with Gasteiger partial charge in [0.2, 0.25) is 0 Å². The zero-order valence-corrected chi connectivity index (χ0v) is 10.7. The summed E-state index contributed by atoms with van der Waals surface area (Å²) in [5.41, 5.74) is 0. The van der Waals surface area contributed by atoms with Crippen LogP contribution in [0.1, 0.15) is 19.8 Å². The Kier molecular flexibility index (Phi) is 3.80. The summed E-state index contributed by atoms with van der Waals surface area (Å²) < 4.78 is 28.5. The van der Waals surface area contributed by atoms with Gasteiger partial charge in [-0.1, -0.05) is 0 Å². The molecule has 0 aromatic carbocycles. The minimum Gasteiger partial charge on any atom is -0.336 e. The number of hydrogen-bond donors (Lipinski definition) is 2. The van der Waals surface area contributed by atoms with Crippen LogP contribution in [0.4, 0.5) is 0 Å². The second-order valence-corrected chi connectivity index (χ2v) is 5.87. The van der Waals surface area contributed by atoms with Gasteiger partial charge in [0.15, 0.2) is 5.03 Å². The number of piperidine rings is 1. The average molecular weight is 258 g/mol. The fourth-order valence-electron chi connectivity index (χ4n) is 1.88. The van der Waals surface area contributed by atoms with Gasteiger partial charge in [-0.25, -0.2) is 18.1 Å². The first-order valence-electron chi connectivity index (χ1n) is 5.86. The zero-order chi connectivity index (χ0) is 12.3. The molecule has 1 aromatic heterocycles. The molecule has 0 radical (unpaired) electrons. The van der Waals surface area contributed by atoms with E-state index in [9.17, 15) is 8.42 Å². The number of nitrogens with one attached hydrogen (secondary N) is 2. The molecule has 2 heterocycles. The van der Waals surface area contributed by atoms with Crippen molar-refractivity contribution in [3.05, 3.63) is 12.5 Å². The number of imidazole rings is 1. The lowest BCUT2D eigenvalue weighted by Crippen LogP contribution is -2.45. The van der Waals surface area contributed by atoms with E-state index in [4.69, 9.17) is 0 Å². The summed E-state index contributed by atoms with van der Waals surface area (Å²) >= 11 is 0. The minimum absolute atomic E-state index is 0.0273. The number of aromatic nitrogens is 2. The Bertz CT molecular complexity index is 462. The predicted octanol–water partition coefficient (Wildman–Crippen LogP) is -0.0667. The average Bonchev–Trinajstić information content (AvgIpc) is 2.79. The molecule has 17 heavy (non-hydrogen) atoms. The second kappa shape index (κ2) is 5.16. The molecule has 1 saturated heterocycles. The van der Waals surface area contributed by atoms with Gasteiger partial charge >= 0.3 is 0 Å². The van der Waals surface area contributed by atoms with Crippen LogP contribution >= 0.6 is 0 Å². The molecule has 0 amide bonds. The molecule has 0 aliphatic carbocycles. The van der Waals surface area contributed by atoms with Crippen molar-refractivity contribution < 1.29 is 8.42 Å². The molecule has 0 bridgehead atoms. The molecule has 6 nitrogen and oxygen atoms in total. The molecule has 0 spiro atoms. The maximum atomic E-state index is 12.0. The van der Waals surface area contributed by atoms with E-state index >= 15 is 0 Å². The van der Waals surface area contributed by atoms with Crippen molar-refractivity contribution in [2.45, 2.75) is 37.4 Å². The first kappa shape index (κ1) is 12.5. The SMILES string of the molecule is CCn1cnc(S(=O)(=O)N[C@@H]2CCCNC2)c1. The minimum atomic E-state index is -3.47. The Morgan fingerprint density at radius 2 is 2.47 bits per heavy atom. The van der Waals surface area contributed by atoms with Gasteiger partial charge in [-0.05, 0) is 26.3 Å². The van der Waals surface area contributed by atoms with Gasteiger partial charge in [0.05, 0.1) is 6.33 Å². The molecule has 1 aliphatic heterocycles. The van der Waals surface area contributed by atoms with Gasteiger partial charge in [-0.2, -0.15) is 0 Å². The van der Waals surface area contributed by atoms with Crippen molar-refractivity contribution in [3.63, 3.8) is 0 Å². The Hall–Kier alpha value is -0.920. The fourth-order valence-corrected chi connectivity index (χ4v) is 3.10. The van der Waals surface area contributed by atoms with Crippen LogP contribution < -0.4 is 10.0 Å². The molecule has 0 unspecified atom stereocenters. The van der Waals surface area contributed by atoms with Crippen LogP contribution in [0, 0.1) is 0 Å². The van der Waals surface area contributed by atoms with E-state index in [1.807, 2.05) is 6.92 Å². The predicted molar refractivity (Wildman–Crippen MR) is 64.1 cm³/mol. The third-order valence-corrected chi connectivity index (χ3v) is 4.27. The highest BCUT2D eigenvalue weighted by Crippen LogP contribution is 2.09. The fraction of sp³-hybridized carbons (Fsp3) is 0.700. The lowest BCUT2D eigenvalue weighted by atomic mass is 10.1. The Balaban J connectivity index is 2.07. The summed E-state index contributed by atoms with van der Waals surface area (Å²) in [5.74, 6) is 0. The standard InChI is InChI=1S/C10H18N4O2S/c1-2-14-7-10(12-8-14)17(15,16)13-9-4-3-5-11-6-9/h7-9,11,13H,2-6H2,1H3/t9-/m1/s1. The molecule has 1 atom stereocenters. The van der Waals surface area contributed by atoms with Crippen LogP contribution in [-0.2, 0) is 16.6 Å². The van der Waals surface area contributed by atoms with Crippen molar-refractivity contribution in [2.24, 2.45) is 0 Å². The number of rotatable bonds is 4. The van der Waals surface area contributed by atoms with Crippen LogP contribution in [0.2, 0.25) is 0 Å². The molecule has 1 aromatic rings. The molecule has 2 N–H and O–H groups in total. The summed E-state index contributed by atoms with van der Waals surface area (Å²) in [6.45, 7) is 4.31. The maximum absolute atomic E-state index is 12.0. The van der Waals surface area contributed by atoms with Crippen LogP contribution in [0.5, 0.6) is 0 Å². The van der Waals surface area contributed by atoms with Crippen molar-refractivity contribution in [3.8, 4) is 0 Å². The molecule has 96 valence electrons. The van der Waals surface area contributed by atoms with Gasteiger partial charge in [0.1, 0.15) is 0 Å². The lowest BCUT2D eigenvalue weighted by molar-refractivity contribution is 0.428. The Morgan fingerprint density at radius 1 is 1.65 bits per heavy atom. The summed E-state index contributed by atoms with van der Waals surface area (Å²) in [6, 6.07) is -0.0273. The maximum Gasteiger partial charge on any atom is 0.259 e. The topological polar surface area (TPSA) is 76.0 Å². The van der Waals surface area contributed by atoms with E-state index < -0.39 is 10.0 Å². The highest BCUT2D eigenvalue weighted by atomic mass is 32.2. The van der Waals surface area contributed by atoms with Crippen LogP contribution in [-0.4, -0.2) is 37.1 Å². The van der Waals surface area contributed by atoms with E-state index in [1.54, 1.807) is 10.8 Å². The van der Waals surface area contributed by atoms with Crippen molar-refractivity contribution in [1.82, 2.24) is 19.6 Å². The van der Waals surface area contributed by atoms with Gasteiger partial charge in [-0.3, -0.25) is 0 Å². The van der Waals surface area contributed by atoms with Crippen LogP contribution in [0.25, 0.3) is 0 Å². The summed E-state index contributed by atoms with van der Waals surface area (Å²) in [7, 11) is -3.47. The summed E-state index contributed by atoms with van der Waals surface area (Å²) in [5, 5.41) is 3.27. The van der Waals surface area contributed by atoms with E-state index in [0.717, 1.165) is 19.4 Å². The van der Waals surface area contributed by atoms with Crippen LogP contribution in [0.15, 0.2) is 17.6 Å². The monoisotopic (exact) mass is 258 g/mol. The molecular weight excluding hydrogens is 240 g/mol. The molecule has 7 heteroatoms. The summed E-state index contributed by atoms with van der Waals surface area (Å²) in [6.07, 6.45) is 4.96. The van der Waals surface area contributed by atoms with E-state index in [-0.39, 0.29) is 11.1 Å². The largest absolute Gasteiger partial charge is 0.336 e. The van der Waals surface area contributed by atoms with Gasteiger partial charge < -0.3 is 9.88 Å². The molecule has 1 fully saturated rings. The number of hydrogen-bond acceptors (Lipinski definition) is 4. The zero-order valence-electron chi connectivity index (χ0n) is 9.89.